The number of pyridine rings is 1. The van der Waals surface area contributed by atoms with Crippen molar-refractivity contribution in [2.75, 3.05) is 0 Å². The minimum Gasteiger partial charge on any atom is -0.448 e. The quantitative estimate of drug-likeness (QED) is 0.443. The second kappa shape index (κ2) is 10.1. The van der Waals surface area contributed by atoms with Crippen molar-refractivity contribution in [1.29, 1.82) is 5.26 Å². The van der Waals surface area contributed by atoms with Gasteiger partial charge in [0.1, 0.15) is 18.0 Å². The van der Waals surface area contributed by atoms with Crippen LogP contribution in [0.5, 0.6) is 11.5 Å². The van der Waals surface area contributed by atoms with Gasteiger partial charge in [0, 0.05) is 23.0 Å². The number of nitriles is 1. The summed E-state index contributed by atoms with van der Waals surface area (Å²) in [6.07, 6.45) is -4.64. The average molecular weight is 531 g/mol. The van der Waals surface area contributed by atoms with E-state index in [1.54, 1.807) is 0 Å². The Morgan fingerprint density at radius 3 is 2.56 bits per heavy atom. The molecule has 190 valence electrons. The van der Waals surface area contributed by atoms with Crippen LogP contribution in [0, 0.1) is 24.1 Å². The van der Waals surface area contributed by atoms with Gasteiger partial charge in [-0.25, -0.2) is 18.2 Å². The van der Waals surface area contributed by atoms with E-state index in [2.05, 4.69) is 9.97 Å². The van der Waals surface area contributed by atoms with Gasteiger partial charge in [-0.05, 0) is 26.0 Å². The first-order chi connectivity index (χ1) is 16.8. The maximum Gasteiger partial charge on any atom is 0.336 e. The van der Waals surface area contributed by atoms with E-state index in [4.69, 9.17) is 21.6 Å². The zero-order valence-electron chi connectivity index (χ0n) is 18.5. The number of H-pyrrole nitrogens is 1. The number of benzene rings is 1. The van der Waals surface area contributed by atoms with Gasteiger partial charge < -0.3 is 19.4 Å². The molecule has 0 aliphatic heterocycles. The first kappa shape index (κ1) is 26.8. The Labute approximate surface area is 204 Å². The van der Waals surface area contributed by atoms with Gasteiger partial charge in [-0.3, -0.25) is 9.59 Å². The number of nitrogens with one attached hydrogen (secondary N) is 1. The molecule has 2 aromatic heterocycles. The fraction of sp³-hybridized carbons (Fsp3) is 0.273. The number of aryl methyl sites for hydroxylation is 1. The SMILES string of the molecule is Cc1nc([C@@H](C)O)[nH]c(=O)c1Cn1ccc(C(F)(F)C(F)F)c(Oc2cc(Cl)cc(C#N)c2F)c1=O. The number of rotatable bonds is 7. The molecule has 0 unspecified atom stereocenters. The van der Waals surface area contributed by atoms with Crippen LogP contribution in [0.3, 0.4) is 0 Å². The number of aromatic nitrogens is 3. The van der Waals surface area contributed by atoms with Crippen molar-refractivity contribution >= 4 is 11.6 Å². The molecule has 0 radical (unpaired) electrons. The zero-order chi connectivity index (χ0) is 26.9. The molecule has 0 saturated carbocycles. The molecule has 0 saturated heterocycles. The van der Waals surface area contributed by atoms with Crippen molar-refractivity contribution in [2.45, 2.75) is 38.8 Å². The smallest absolute Gasteiger partial charge is 0.336 e. The summed E-state index contributed by atoms with van der Waals surface area (Å²) in [4.78, 5) is 31.9. The number of aliphatic hydroxyl groups is 1. The molecule has 36 heavy (non-hydrogen) atoms. The van der Waals surface area contributed by atoms with Crippen LogP contribution >= 0.6 is 11.6 Å². The van der Waals surface area contributed by atoms with Crippen LogP contribution in [0.1, 0.15) is 41.2 Å². The standard InChI is InChI=1S/C22H16ClF5N4O4/c1-9-13(19(34)31-18(30-9)10(2)33)8-32-4-3-14(22(27,28)21(25)26)17(20(32)35)36-15-6-12(23)5-11(7-29)16(15)24/h3-6,10,21,33H,8H2,1-2H3,(H,30,31,34)/t10-/m1/s1. The number of halogens is 6. The molecule has 8 nitrogen and oxygen atoms in total. The Morgan fingerprint density at radius 2 is 2.00 bits per heavy atom. The summed E-state index contributed by atoms with van der Waals surface area (Å²) >= 11 is 5.78. The molecule has 0 bridgehead atoms. The molecular formula is C22H16ClF5N4O4. The third kappa shape index (κ3) is 5.09. The van der Waals surface area contributed by atoms with Crippen molar-refractivity contribution in [3.8, 4) is 17.6 Å². The number of hydrogen-bond donors (Lipinski definition) is 2. The van der Waals surface area contributed by atoms with E-state index >= 15 is 0 Å². The third-order valence-corrected chi connectivity index (χ3v) is 5.27. The van der Waals surface area contributed by atoms with Gasteiger partial charge in [0.2, 0.25) is 5.75 Å². The molecule has 0 aliphatic carbocycles. The summed E-state index contributed by atoms with van der Waals surface area (Å²) in [6, 6.07) is 3.60. The number of aliphatic hydroxyl groups excluding tert-OH is 1. The van der Waals surface area contributed by atoms with E-state index in [1.165, 1.54) is 19.9 Å². The van der Waals surface area contributed by atoms with Gasteiger partial charge in [0.15, 0.2) is 11.6 Å². The lowest BCUT2D eigenvalue weighted by Gasteiger charge is -2.20. The van der Waals surface area contributed by atoms with Gasteiger partial charge >= 0.3 is 12.3 Å². The maximum absolute atomic E-state index is 14.6. The van der Waals surface area contributed by atoms with E-state index in [9.17, 15) is 36.6 Å². The van der Waals surface area contributed by atoms with Crippen LogP contribution in [0.4, 0.5) is 22.0 Å². The predicted molar refractivity (Wildman–Crippen MR) is 116 cm³/mol. The number of nitrogens with zero attached hydrogens (tertiary/aromatic N) is 3. The molecule has 14 heteroatoms. The van der Waals surface area contributed by atoms with E-state index in [1.807, 2.05) is 0 Å². The van der Waals surface area contributed by atoms with Crippen LogP contribution < -0.4 is 15.9 Å². The van der Waals surface area contributed by atoms with Crippen molar-refractivity contribution in [3.63, 3.8) is 0 Å². The molecular weight excluding hydrogens is 515 g/mol. The summed E-state index contributed by atoms with van der Waals surface area (Å²) in [5.74, 6) is -8.61. The highest BCUT2D eigenvalue weighted by Gasteiger charge is 2.46. The fourth-order valence-electron chi connectivity index (χ4n) is 3.17. The monoisotopic (exact) mass is 530 g/mol. The van der Waals surface area contributed by atoms with Gasteiger partial charge in [0.05, 0.1) is 23.2 Å². The average Bonchev–Trinajstić information content (AvgIpc) is 2.79. The van der Waals surface area contributed by atoms with Crippen LogP contribution in [0.2, 0.25) is 5.02 Å². The molecule has 1 aromatic carbocycles. The topological polar surface area (TPSA) is 121 Å². The molecule has 0 spiro atoms. The third-order valence-electron chi connectivity index (χ3n) is 5.06. The summed E-state index contributed by atoms with van der Waals surface area (Å²) in [6.45, 7) is 2.18. The molecule has 3 aromatic rings. The summed E-state index contributed by atoms with van der Waals surface area (Å²) in [5.41, 5.74) is -4.39. The summed E-state index contributed by atoms with van der Waals surface area (Å²) in [7, 11) is 0. The molecule has 1 atom stereocenters. The summed E-state index contributed by atoms with van der Waals surface area (Å²) < 4.78 is 75.2. The minimum atomic E-state index is -4.88. The number of aromatic amines is 1. The largest absolute Gasteiger partial charge is 0.448 e. The Bertz CT molecular complexity index is 1480. The Balaban J connectivity index is 2.21. The van der Waals surface area contributed by atoms with Crippen molar-refractivity contribution in [1.82, 2.24) is 14.5 Å². The lowest BCUT2D eigenvalue weighted by Crippen LogP contribution is -2.31. The molecule has 2 heterocycles. The van der Waals surface area contributed by atoms with Gasteiger partial charge in [0.25, 0.3) is 11.1 Å². The van der Waals surface area contributed by atoms with Gasteiger partial charge in [-0.1, -0.05) is 11.6 Å². The highest BCUT2D eigenvalue weighted by atomic mass is 35.5. The Kier molecular flexibility index (Phi) is 7.51. The van der Waals surface area contributed by atoms with Gasteiger partial charge in [-0.15, -0.1) is 0 Å². The first-order valence-electron chi connectivity index (χ1n) is 10.0. The van der Waals surface area contributed by atoms with Gasteiger partial charge in [-0.2, -0.15) is 14.0 Å². The number of hydrogen-bond acceptors (Lipinski definition) is 6. The Hall–Kier alpha value is -3.76. The van der Waals surface area contributed by atoms with Crippen molar-refractivity contribution < 1.29 is 31.8 Å². The van der Waals surface area contributed by atoms with E-state index < -0.39 is 64.6 Å². The molecule has 2 N–H and O–H groups in total. The highest BCUT2D eigenvalue weighted by molar-refractivity contribution is 6.30. The molecule has 3 rings (SSSR count). The van der Waals surface area contributed by atoms with Crippen LogP contribution in [0.15, 0.2) is 34.0 Å². The second-order valence-electron chi connectivity index (χ2n) is 7.59. The first-order valence-corrected chi connectivity index (χ1v) is 10.4. The summed E-state index contributed by atoms with van der Waals surface area (Å²) in [5, 5.41) is 18.4. The lowest BCUT2D eigenvalue weighted by atomic mass is 10.1. The molecule has 0 fully saturated rings. The second-order valence-corrected chi connectivity index (χ2v) is 8.02. The van der Waals surface area contributed by atoms with Crippen LogP contribution in [0.25, 0.3) is 0 Å². The van der Waals surface area contributed by atoms with Crippen LogP contribution in [-0.2, 0) is 12.5 Å². The minimum absolute atomic E-state index is 0.0609. The van der Waals surface area contributed by atoms with E-state index in [-0.39, 0.29) is 22.1 Å². The zero-order valence-corrected chi connectivity index (χ0v) is 19.2. The lowest BCUT2D eigenvalue weighted by molar-refractivity contribution is -0.136. The van der Waals surface area contributed by atoms with E-state index in [0.29, 0.717) is 10.6 Å². The fourth-order valence-corrected chi connectivity index (χ4v) is 3.38. The predicted octanol–water partition coefficient (Wildman–Crippen LogP) is 4.16. The number of ether oxygens (including phenoxy) is 1. The maximum atomic E-state index is 14.6. The van der Waals surface area contributed by atoms with Crippen molar-refractivity contribution in [3.05, 3.63) is 84.2 Å². The Morgan fingerprint density at radius 1 is 1.33 bits per heavy atom. The highest BCUT2D eigenvalue weighted by Crippen LogP contribution is 2.40. The van der Waals surface area contributed by atoms with Crippen molar-refractivity contribution in [2.24, 2.45) is 0 Å². The molecule has 0 amide bonds. The molecule has 0 aliphatic rings. The van der Waals surface area contributed by atoms with E-state index in [0.717, 1.165) is 18.3 Å². The number of alkyl halides is 4. The normalized spacial score (nSPS) is 12.5. The van der Waals surface area contributed by atoms with Crippen LogP contribution in [-0.4, -0.2) is 26.1 Å².